The van der Waals surface area contributed by atoms with Gasteiger partial charge in [0, 0.05) is 12.6 Å². The Bertz CT molecular complexity index is 429. The summed E-state index contributed by atoms with van der Waals surface area (Å²) in [6.45, 7) is 10.9. The van der Waals surface area contributed by atoms with Crippen molar-refractivity contribution >= 4 is 0 Å². The highest BCUT2D eigenvalue weighted by Gasteiger charge is 2.31. The first-order chi connectivity index (χ1) is 9.61. The first-order valence-corrected chi connectivity index (χ1v) is 8.03. The van der Waals surface area contributed by atoms with Crippen molar-refractivity contribution < 1.29 is 4.74 Å². The molecule has 1 aliphatic rings. The molecule has 1 saturated heterocycles. The van der Waals surface area contributed by atoms with Crippen molar-refractivity contribution in [1.82, 2.24) is 5.32 Å². The summed E-state index contributed by atoms with van der Waals surface area (Å²) in [5.74, 6) is 0.663. The third-order valence-corrected chi connectivity index (χ3v) is 4.52. The van der Waals surface area contributed by atoms with Crippen LogP contribution in [0.3, 0.4) is 0 Å². The predicted octanol–water partition coefficient (Wildman–Crippen LogP) is 3.64. The monoisotopic (exact) mass is 275 g/mol. The van der Waals surface area contributed by atoms with Crippen molar-refractivity contribution in [2.24, 2.45) is 5.92 Å². The van der Waals surface area contributed by atoms with Gasteiger partial charge in [0.05, 0.1) is 6.10 Å². The van der Waals surface area contributed by atoms with Gasteiger partial charge in [0.1, 0.15) is 0 Å². The lowest BCUT2D eigenvalue weighted by molar-refractivity contribution is 0.0610. The van der Waals surface area contributed by atoms with Crippen molar-refractivity contribution in [3.8, 4) is 0 Å². The maximum absolute atomic E-state index is 5.99. The van der Waals surface area contributed by atoms with Crippen LogP contribution in [0.4, 0.5) is 0 Å². The van der Waals surface area contributed by atoms with E-state index >= 15 is 0 Å². The number of nitrogens with one attached hydrogen (secondary N) is 1. The van der Waals surface area contributed by atoms with Gasteiger partial charge in [-0.15, -0.1) is 0 Å². The Hall–Kier alpha value is -0.860. The van der Waals surface area contributed by atoms with Gasteiger partial charge in [0.15, 0.2) is 0 Å². The highest BCUT2D eigenvalue weighted by atomic mass is 16.5. The molecule has 3 atom stereocenters. The molecule has 1 aromatic carbocycles. The van der Waals surface area contributed by atoms with Crippen molar-refractivity contribution in [3.05, 3.63) is 34.9 Å². The molecule has 0 aliphatic carbocycles. The van der Waals surface area contributed by atoms with Gasteiger partial charge in [-0.3, -0.25) is 0 Å². The Morgan fingerprint density at radius 1 is 1.30 bits per heavy atom. The predicted molar refractivity (Wildman–Crippen MR) is 85.2 cm³/mol. The zero-order chi connectivity index (χ0) is 14.5. The highest BCUT2D eigenvalue weighted by Crippen LogP contribution is 2.25. The minimum absolute atomic E-state index is 0.364. The first kappa shape index (κ1) is 15.5. The van der Waals surface area contributed by atoms with E-state index in [-0.39, 0.29) is 0 Å². The van der Waals surface area contributed by atoms with E-state index in [1.807, 2.05) is 0 Å². The summed E-state index contributed by atoms with van der Waals surface area (Å²) in [5, 5.41) is 3.70. The lowest BCUT2D eigenvalue weighted by Crippen LogP contribution is -2.44. The number of hydrogen-bond acceptors (Lipinski definition) is 2. The highest BCUT2D eigenvalue weighted by molar-refractivity contribution is 5.30. The molecule has 0 radical (unpaired) electrons. The van der Waals surface area contributed by atoms with E-state index in [1.165, 1.54) is 29.5 Å². The van der Waals surface area contributed by atoms with E-state index in [0.717, 1.165) is 19.6 Å². The summed E-state index contributed by atoms with van der Waals surface area (Å²) in [6.07, 6.45) is 3.80. The Labute approximate surface area is 123 Å². The standard InChI is InChI=1S/C18H29NO/c1-5-9-19-17(18-14(3)8-10-20-18)12-16-7-6-13(2)15(4)11-16/h6-7,11,14,17-19H,5,8-10,12H2,1-4H3. The molecule has 2 rings (SSSR count). The molecular weight excluding hydrogens is 246 g/mol. The maximum atomic E-state index is 5.99. The smallest absolute Gasteiger partial charge is 0.0757 e. The molecule has 2 nitrogen and oxygen atoms in total. The van der Waals surface area contributed by atoms with E-state index < -0.39 is 0 Å². The third-order valence-electron chi connectivity index (χ3n) is 4.52. The summed E-state index contributed by atoms with van der Waals surface area (Å²) >= 11 is 0. The molecule has 20 heavy (non-hydrogen) atoms. The molecule has 2 heteroatoms. The van der Waals surface area contributed by atoms with Crippen LogP contribution in [-0.4, -0.2) is 25.3 Å². The van der Waals surface area contributed by atoms with Gasteiger partial charge in [-0.25, -0.2) is 0 Å². The van der Waals surface area contributed by atoms with Gasteiger partial charge >= 0.3 is 0 Å². The van der Waals surface area contributed by atoms with E-state index in [1.54, 1.807) is 0 Å². The summed E-state index contributed by atoms with van der Waals surface area (Å²) in [6, 6.07) is 7.27. The Morgan fingerprint density at radius 3 is 2.70 bits per heavy atom. The maximum Gasteiger partial charge on any atom is 0.0757 e. The molecule has 1 fully saturated rings. The summed E-state index contributed by atoms with van der Waals surface area (Å²) < 4.78 is 5.99. The van der Waals surface area contributed by atoms with Gasteiger partial charge in [-0.05, 0) is 62.3 Å². The van der Waals surface area contributed by atoms with Crippen molar-refractivity contribution in [2.45, 2.75) is 59.1 Å². The number of aryl methyl sites for hydroxylation is 2. The lowest BCUT2D eigenvalue weighted by atomic mass is 9.92. The van der Waals surface area contributed by atoms with Gasteiger partial charge in [0.2, 0.25) is 0 Å². The van der Waals surface area contributed by atoms with E-state index in [4.69, 9.17) is 4.74 Å². The second kappa shape index (κ2) is 7.24. The number of ether oxygens (including phenoxy) is 1. The molecule has 1 heterocycles. The van der Waals surface area contributed by atoms with E-state index in [9.17, 15) is 0 Å². The third kappa shape index (κ3) is 3.83. The topological polar surface area (TPSA) is 21.3 Å². The van der Waals surface area contributed by atoms with Crippen LogP contribution in [0.2, 0.25) is 0 Å². The van der Waals surface area contributed by atoms with Crippen LogP contribution < -0.4 is 5.32 Å². The van der Waals surface area contributed by atoms with Crippen LogP contribution in [0.1, 0.15) is 43.4 Å². The molecule has 112 valence electrons. The normalized spacial score (nSPS) is 24.0. The molecule has 0 spiro atoms. The molecule has 0 bridgehead atoms. The fraction of sp³-hybridized carbons (Fsp3) is 0.667. The molecule has 0 amide bonds. The van der Waals surface area contributed by atoms with Crippen molar-refractivity contribution in [2.75, 3.05) is 13.2 Å². The van der Waals surface area contributed by atoms with Crippen LogP contribution in [0.15, 0.2) is 18.2 Å². The Kier molecular flexibility index (Phi) is 5.62. The van der Waals surface area contributed by atoms with Gasteiger partial charge in [0.25, 0.3) is 0 Å². The van der Waals surface area contributed by atoms with Crippen molar-refractivity contribution in [1.29, 1.82) is 0 Å². The van der Waals surface area contributed by atoms with Crippen LogP contribution >= 0.6 is 0 Å². The first-order valence-electron chi connectivity index (χ1n) is 8.03. The quantitative estimate of drug-likeness (QED) is 0.856. The minimum atomic E-state index is 0.364. The fourth-order valence-electron chi connectivity index (χ4n) is 3.05. The number of rotatable bonds is 6. The van der Waals surface area contributed by atoms with Crippen LogP contribution in [0.25, 0.3) is 0 Å². The number of benzene rings is 1. The largest absolute Gasteiger partial charge is 0.376 e. The summed E-state index contributed by atoms with van der Waals surface area (Å²) in [7, 11) is 0. The molecule has 0 saturated carbocycles. The van der Waals surface area contributed by atoms with Crippen LogP contribution in [0.5, 0.6) is 0 Å². The van der Waals surface area contributed by atoms with Crippen LogP contribution in [0, 0.1) is 19.8 Å². The van der Waals surface area contributed by atoms with Gasteiger partial charge in [-0.2, -0.15) is 0 Å². The molecule has 1 aliphatic heterocycles. The minimum Gasteiger partial charge on any atom is -0.376 e. The van der Waals surface area contributed by atoms with Gasteiger partial charge < -0.3 is 10.1 Å². The molecule has 1 N–H and O–H groups in total. The van der Waals surface area contributed by atoms with Gasteiger partial charge in [-0.1, -0.05) is 32.0 Å². The molecule has 0 aromatic heterocycles. The Morgan fingerprint density at radius 2 is 2.10 bits per heavy atom. The second-order valence-corrected chi connectivity index (χ2v) is 6.28. The number of hydrogen-bond donors (Lipinski definition) is 1. The molecule has 1 aromatic rings. The summed E-state index contributed by atoms with van der Waals surface area (Å²) in [5.41, 5.74) is 4.18. The average Bonchev–Trinajstić information content (AvgIpc) is 2.85. The zero-order valence-corrected chi connectivity index (χ0v) is 13.4. The summed E-state index contributed by atoms with van der Waals surface area (Å²) in [4.78, 5) is 0. The van der Waals surface area contributed by atoms with Crippen LogP contribution in [-0.2, 0) is 11.2 Å². The van der Waals surface area contributed by atoms with E-state index in [0.29, 0.717) is 18.1 Å². The lowest BCUT2D eigenvalue weighted by Gasteiger charge is -2.27. The Balaban J connectivity index is 2.08. The molecule has 3 unspecified atom stereocenters. The van der Waals surface area contributed by atoms with Crippen molar-refractivity contribution in [3.63, 3.8) is 0 Å². The average molecular weight is 275 g/mol. The zero-order valence-electron chi connectivity index (χ0n) is 13.4. The fourth-order valence-corrected chi connectivity index (χ4v) is 3.05. The second-order valence-electron chi connectivity index (χ2n) is 6.28. The molecular formula is C18H29NO. The SMILES string of the molecule is CCCNC(Cc1ccc(C)c(C)c1)C1OCCC1C. The van der Waals surface area contributed by atoms with E-state index in [2.05, 4.69) is 51.2 Å².